The highest BCUT2D eigenvalue weighted by Crippen LogP contribution is 2.56. The minimum Gasteiger partial charge on any atom is -0.465 e. The van der Waals surface area contributed by atoms with Crippen LogP contribution < -0.4 is 0 Å². The van der Waals surface area contributed by atoms with Crippen molar-refractivity contribution in [2.24, 2.45) is 11.8 Å². The number of aryl methyl sites for hydroxylation is 2. The number of ether oxygens (including phenoxy) is 4. The van der Waals surface area contributed by atoms with Gasteiger partial charge in [-0.15, -0.1) is 0 Å². The third-order valence-electron chi connectivity index (χ3n) is 13.6. The van der Waals surface area contributed by atoms with Gasteiger partial charge in [-0.25, -0.2) is 10.0 Å². The molecule has 10 nitrogen and oxygen atoms in total. The van der Waals surface area contributed by atoms with Crippen molar-refractivity contribution in [3.63, 3.8) is 0 Å². The Morgan fingerprint density at radius 2 is 0.606 bits per heavy atom. The summed E-state index contributed by atoms with van der Waals surface area (Å²) in [5, 5.41) is 3.67. The largest absolute Gasteiger partial charge is 0.465 e. The second-order valence-electron chi connectivity index (χ2n) is 19.2. The van der Waals surface area contributed by atoms with E-state index in [1.807, 2.05) is 72.4 Å². The van der Waals surface area contributed by atoms with Gasteiger partial charge in [0, 0.05) is 0 Å². The van der Waals surface area contributed by atoms with Crippen molar-refractivity contribution in [1.29, 1.82) is 0 Å². The molecule has 0 saturated carbocycles. The zero-order valence-corrected chi connectivity index (χ0v) is 42.0. The Hall–Kier alpha value is -3.76. The van der Waals surface area contributed by atoms with E-state index in [-0.39, 0.29) is 26.4 Å². The van der Waals surface area contributed by atoms with E-state index < -0.39 is 59.9 Å². The molecule has 0 N–H and O–H groups in total. The molecule has 6 atom stereocenters. The number of unbranched alkanes of at least 4 members (excludes halogenated alkanes) is 20. The lowest BCUT2D eigenvalue weighted by molar-refractivity contribution is -0.163. The quantitative estimate of drug-likeness (QED) is 0.0382. The summed E-state index contributed by atoms with van der Waals surface area (Å²) in [7, 11) is 0. The summed E-state index contributed by atoms with van der Waals surface area (Å²) in [6.45, 7) is 13.6. The number of benzene rings is 2. The number of carbonyl (C=O) groups excluding carboxylic acids is 4. The van der Waals surface area contributed by atoms with Crippen molar-refractivity contribution in [2.75, 3.05) is 26.4 Å². The minimum atomic E-state index is -1.20. The average Bonchev–Trinajstić information content (AvgIpc) is 3.84. The van der Waals surface area contributed by atoms with E-state index in [4.69, 9.17) is 18.9 Å². The fourth-order valence-electron chi connectivity index (χ4n) is 9.78. The maximum absolute atomic E-state index is 15.0. The van der Waals surface area contributed by atoms with Gasteiger partial charge < -0.3 is 18.9 Å². The van der Waals surface area contributed by atoms with Crippen molar-refractivity contribution < 1.29 is 38.1 Å². The third kappa shape index (κ3) is 16.8. The van der Waals surface area contributed by atoms with E-state index in [0.29, 0.717) is 25.7 Å². The lowest BCUT2D eigenvalue weighted by atomic mass is 9.82. The topological polar surface area (TPSA) is 112 Å². The zero-order valence-electron chi connectivity index (χ0n) is 42.0. The van der Waals surface area contributed by atoms with E-state index >= 15 is 9.59 Å². The standard InChI is InChI=1S/C56H88N2O8/c1-7-11-15-19-23-27-39-63-53(59)47-49(45-35-31-43(5)32-36-45)57-52(56(62)66-42-30-26-22-18-14-10-4)48(54(60)64-40-28-24-20-16-12-8-2)50(46-37-33-44(6)34-38-46)58(57)51(47)55(61)65-41-29-25-21-17-13-9-3/h31-38,47-52H,7-30,39-42H2,1-6H3/t47-,48-,49-,50+,51+,52-/m0/s1. The number of hydrogen-bond acceptors (Lipinski definition) is 10. The summed E-state index contributed by atoms with van der Waals surface area (Å²) in [4.78, 5) is 59.9. The van der Waals surface area contributed by atoms with Gasteiger partial charge in [0.25, 0.3) is 0 Å². The third-order valence-corrected chi connectivity index (χ3v) is 13.6. The molecule has 2 aliphatic rings. The van der Waals surface area contributed by atoms with Crippen molar-refractivity contribution >= 4 is 23.9 Å². The number of esters is 4. The molecule has 370 valence electrons. The molecule has 0 aliphatic carbocycles. The Kier molecular flexibility index (Phi) is 26.0. The Morgan fingerprint density at radius 1 is 0.364 bits per heavy atom. The van der Waals surface area contributed by atoms with Gasteiger partial charge in [0.05, 0.1) is 38.5 Å². The van der Waals surface area contributed by atoms with Gasteiger partial charge in [-0.3, -0.25) is 19.2 Å². The summed E-state index contributed by atoms with van der Waals surface area (Å²) >= 11 is 0. The van der Waals surface area contributed by atoms with Crippen LogP contribution in [0.3, 0.4) is 0 Å². The molecule has 66 heavy (non-hydrogen) atoms. The van der Waals surface area contributed by atoms with E-state index in [1.54, 1.807) is 0 Å². The second kappa shape index (κ2) is 31.3. The van der Waals surface area contributed by atoms with E-state index in [2.05, 4.69) is 27.7 Å². The summed E-state index contributed by atoms with van der Waals surface area (Å²) in [6, 6.07) is 11.6. The van der Waals surface area contributed by atoms with Crippen molar-refractivity contribution in [3.05, 3.63) is 70.8 Å². The van der Waals surface area contributed by atoms with Crippen LogP contribution >= 0.6 is 0 Å². The normalized spacial score (nSPS) is 20.6. The number of rotatable bonds is 34. The Bertz CT molecular complexity index is 1560. The van der Waals surface area contributed by atoms with Crippen LogP contribution in [-0.2, 0) is 38.1 Å². The first kappa shape index (κ1) is 54.8. The summed E-state index contributed by atoms with van der Waals surface area (Å²) < 4.78 is 24.7. The molecule has 0 bridgehead atoms. The molecule has 0 amide bonds. The molecule has 0 radical (unpaired) electrons. The van der Waals surface area contributed by atoms with Crippen molar-refractivity contribution in [3.8, 4) is 0 Å². The predicted molar refractivity (Wildman–Crippen MR) is 263 cm³/mol. The molecule has 2 aromatic carbocycles. The maximum Gasteiger partial charge on any atom is 0.325 e. The molecule has 2 fully saturated rings. The van der Waals surface area contributed by atoms with Gasteiger partial charge in [-0.1, -0.05) is 216 Å². The predicted octanol–water partition coefficient (Wildman–Crippen LogP) is 13.2. The minimum absolute atomic E-state index is 0.201. The van der Waals surface area contributed by atoms with Gasteiger partial charge in [-0.05, 0) is 50.7 Å². The Morgan fingerprint density at radius 3 is 0.879 bits per heavy atom. The number of hydrazine groups is 1. The summed E-state index contributed by atoms with van der Waals surface area (Å²) in [6.07, 6.45) is 24.6. The molecule has 4 rings (SSSR count). The van der Waals surface area contributed by atoms with E-state index in [1.165, 1.54) is 25.7 Å². The molecule has 0 spiro atoms. The fourth-order valence-corrected chi connectivity index (χ4v) is 9.78. The summed E-state index contributed by atoms with van der Waals surface area (Å²) in [5.41, 5.74) is 3.51. The smallest absolute Gasteiger partial charge is 0.325 e. The molecule has 2 aromatic rings. The summed E-state index contributed by atoms with van der Waals surface area (Å²) in [5.74, 6) is -4.33. The van der Waals surface area contributed by atoms with Crippen LogP contribution in [0, 0.1) is 25.7 Å². The van der Waals surface area contributed by atoms with Gasteiger partial charge >= 0.3 is 23.9 Å². The molecule has 10 heteroatoms. The van der Waals surface area contributed by atoms with E-state index in [0.717, 1.165) is 125 Å². The molecule has 2 saturated heterocycles. The number of hydrogen-bond donors (Lipinski definition) is 0. The first-order chi connectivity index (χ1) is 32.2. The monoisotopic (exact) mass is 917 g/mol. The van der Waals surface area contributed by atoms with Crippen molar-refractivity contribution in [2.45, 2.75) is 220 Å². The Labute approximate surface area is 399 Å². The highest BCUT2D eigenvalue weighted by molar-refractivity contribution is 5.90. The molecular weight excluding hydrogens is 829 g/mol. The fraction of sp³-hybridized carbons (Fsp3) is 0.714. The van der Waals surface area contributed by atoms with Gasteiger partial charge in [0.1, 0.15) is 23.9 Å². The van der Waals surface area contributed by atoms with Crippen LogP contribution in [0.15, 0.2) is 48.5 Å². The van der Waals surface area contributed by atoms with Crippen LogP contribution in [-0.4, -0.2) is 72.4 Å². The molecule has 0 unspecified atom stereocenters. The van der Waals surface area contributed by atoms with Crippen LogP contribution in [0.5, 0.6) is 0 Å². The van der Waals surface area contributed by atoms with Crippen LogP contribution in [0.4, 0.5) is 0 Å². The number of nitrogens with zero attached hydrogens (tertiary/aromatic N) is 2. The van der Waals surface area contributed by atoms with Gasteiger partial charge in [0.15, 0.2) is 0 Å². The van der Waals surface area contributed by atoms with Crippen LogP contribution in [0.25, 0.3) is 0 Å². The second-order valence-corrected chi connectivity index (χ2v) is 19.2. The Balaban J connectivity index is 1.83. The average molecular weight is 917 g/mol. The van der Waals surface area contributed by atoms with Gasteiger partial charge in [0.2, 0.25) is 0 Å². The first-order valence-electron chi connectivity index (χ1n) is 26.6. The molecule has 2 heterocycles. The van der Waals surface area contributed by atoms with Crippen LogP contribution in [0.1, 0.15) is 216 Å². The van der Waals surface area contributed by atoms with Crippen LogP contribution in [0.2, 0.25) is 0 Å². The van der Waals surface area contributed by atoms with Gasteiger partial charge in [-0.2, -0.15) is 0 Å². The number of carbonyl (C=O) groups is 4. The zero-order chi connectivity index (χ0) is 47.5. The molecule has 2 aliphatic heterocycles. The lowest BCUT2D eigenvalue weighted by Gasteiger charge is -2.32. The molecular formula is C56H88N2O8. The van der Waals surface area contributed by atoms with E-state index in [9.17, 15) is 9.59 Å². The maximum atomic E-state index is 15.0. The SMILES string of the molecule is CCCCCCCCOC(=O)[C@@H]1[C@@H](C(=O)OCCCCCCCC)N2[C@@H](c3ccc(C)cc3)[C@H](C(=O)OCCCCCCCC)[C@H](C(=O)OCCCCCCCC)N2[C@@H]1c1ccc(C)cc1. The first-order valence-corrected chi connectivity index (χ1v) is 26.6. The molecule has 0 aromatic heterocycles. The highest BCUT2D eigenvalue weighted by Gasteiger charge is 2.69. The number of fused-ring (bicyclic) bond motifs is 1. The highest BCUT2D eigenvalue weighted by atomic mass is 16.6. The lowest BCUT2D eigenvalue weighted by Crippen LogP contribution is -2.47. The van der Waals surface area contributed by atoms with Crippen molar-refractivity contribution in [1.82, 2.24) is 10.0 Å².